The first-order valence-corrected chi connectivity index (χ1v) is 5.60. The Kier molecular flexibility index (Phi) is 4.96. The van der Waals surface area contributed by atoms with Gasteiger partial charge in [-0.05, 0) is 46.6 Å². The van der Waals surface area contributed by atoms with E-state index in [2.05, 4.69) is 31.2 Å². The summed E-state index contributed by atoms with van der Waals surface area (Å²) >= 11 is 3.38. The zero-order valence-corrected chi connectivity index (χ0v) is 11.4. The lowest BCUT2D eigenvalue weighted by molar-refractivity contribution is 0.171. The second kappa shape index (κ2) is 6.24. The molecule has 0 fully saturated rings. The quantitative estimate of drug-likeness (QED) is 0.689. The van der Waals surface area contributed by atoms with Crippen molar-refractivity contribution in [2.75, 3.05) is 14.2 Å². The van der Waals surface area contributed by atoms with Crippen LogP contribution in [0, 0.1) is 0 Å². The fraction of sp³-hybridized carbons (Fsp3) is 0.273. The van der Waals surface area contributed by atoms with Crippen molar-refractivity contribution >= 4 is 27.7 Å². The molecule has 0 aliphatic carbocycles. The van der Waals surface area contributed by atoms with Gasteiger partial charge in [0.15, 0.2) is 0 Å². The molecular weight excluding hydrogens is 288 g/mol. The van der Waals surface area contributed by atoms with E-state index < -0.39 is 6.09 Å². The molecule has 6 heteroatoms. The minimum atomic E-state index is -0.600. The van der Waals surface area contributed by atoms with Gasteiger partial charge in [0.1, 0.15) is 5.75 Å². The van der Waals surface area contributed by atoms with Crippen LogP contribution in [0.2, 0.25) is 0 Å². The molecule has 92 valence electrons. The molecule has 0 aliphatic rings. The summed E-state index contributed by atoms with van der Waals surface area (Å²) in [6, 6.07) is 5.52. The third-order valence-electron chi connectivity index (χ3n) is 2.07. The highest BCUT2D eigenvalue weighted by Gasteiger charge is 2.04. The molecule has 1 N–H and O–H groups in total. The van der Waals surface area contributed by atoms with Gasteiger partial charge in [-0.25, -0.2) is 10.2 Å². The van der Waals surface area contributed by atoms with Gasteiger partial charge in [0.05, 0.1) is 24.4 Å². The lowest BCUT2D eigenvalue weighted by Gasteiger charge is -2.06. The monoisotopic (exact) mass is 300 g/mol. The number of ether oxygens (including phenoxy) is 2. The van der Waals surface area contributed by atoms with Gasteiger partial charge in [0.25, 0.3) is 0 Å². The van der Waals surface area contributed by atoms with Crippen molar-refractivity contribution in [2.24, 2.45) is 5.10 Å². The van der Waals surface area contributed by atoms with Crippen molar-refractivity contribution < 1.29 is 14.3 Å². The maximum atomic E-state index is 10.8. The summed E-state index contributed by atoms with van der Waals surface area (Å²) in [6.45, 7) is 1.78. The SMILES string of the molecule is COC(=O)N/N=C(/C)c1ccc(OC)c(Br)c1. The number of rotatable bonds is 3. The number of hydrazone groups is 1. The van der Waals surface area contributed by atoms with Gasteiger partial charge in [-0.15, -0.1) is 0 Å². The summed E-state index contributed by atoms with van der Waals surface area (Å²) < 4.78 is 10.4. The summed E-state index contributed by atoms with van der Waals surface area (Å²) in [7, 11) is 2.88. The second-order valence-corrected chi connectivity index (χ2v) is 4.00. The molecule has 0 aromatic heterocycles. The molecular formula is C11H13BrN2O3. The highest BCUT2D eigenvalue weighted by atomic mass is 79.9. The van der Waals surface area contributed by atoms with E-state index >= 15 is 0 Å². The third-order valence-corrected chi connectivity index (χ3v) is 2.69. The van der Waals surface area contributed by atoms with Gasteiger partial charge in [-0.2, -0.15) is 5.10 Å². The maximum absolute atomic E-state index is 10.8. The van der Waals surface area contributed by atoms with E-state index in [1.54, 1.807) is 14.0 Å². The average Bonchev–Trinajstić information content (AvgIpc) is 2.35. The van der Waals surface area contributed by atoms with Gasteiger partial charge in [0, 0.05) is 0 Å². The van der Waals surface area contributed by atoms with Crippen LogP contribution >= 0.6 is 15.9 Å². The molecule has 0 spiro atoms. The van der Waals surface area contributed by atoms with Crippen LogP contribution in [0.25, 0.3) is 0 Å². The van der Waals surface area contributed by atoms with Gasteiger partial charge in [-0.3, -0.25) is 0 Å². The lowest BCUT2D eigenvalue weighted by atomic mass is 10.1. The van der Waals surface area contributed by atoms with Gasteiger partial charge in [0.2, 0.25) is 0 Å². The van der Waals surface area contributed by atoms with Crippen molar-refractivity contribution in [1.29, 1.82) is 0 Å². The van der Waals surface area contributed by atoms with Crippen molar-refractivity contribution in [2.45, 2.75) is 6.92 Å². The summed E-state index contributed by atoms with van der Waals surface area (Å²) in [5, 5.41) is 3.89. The molecule has 5 nitrogen and oxygen atoms in total. The first-order valence-electron chi connectivity index (χ1n) is 4.80. The molecule has 0 saturated carbocycles. The van der Waals surface area contributed by atoms with Crippen molar-refractivity contribution in [1.82, 2.24) is 5.43 Å². The molecule has 1 amide bonds. The molecule has 0 bridgehead atoms. The number of methoxy groups -OCH3 is 2. The van der Waals surface area contributed by atoms with Gasteiger partial charge in [-0.1, -0.05) is 0 Å². The Labute approximate surface area is 108 Å². The molecule has 0 atom stereocenters. The fourth-order valence-electron chi connectivity index (χ4n) is 1.13. The van der Waals surface area contributed by atoms with E-state index in [9.17, 15) is 4.79 Å². The van der Waals surface area contributed by atoms with Crippen LogP contribution in [0.5, 0.6) is 5.75 Å². The number of hydrogen-bond donors (Lipinski definition) is 1. The Bertz CT molecular complexity index is 446. The van der Waals surface area contributed by atoms with E-state index in [1.165, 1.54) is 7.11 Å². The lowest BCUT2D eigenvalue weighted by Crippen LogP contribution is -2.18. The summed E-state index contributed by atoms with van der Waals surface area (Å²) in [4.78, 5) is 10.8. The van der Waals surface area contributed by atoms with Crippen LogP contribution in [0.1, 0.15) is 12.5 Å². The highest BCUT2D eigenvalue weighted by Crippen LogP contribution is 2.25. The zero-order chi connectivity index (χ0) is 12.8. The van der Waals surface area contributed by atoms with Crippen LogP contribution < -0.4 is 10.2 Å². The number of amides is 1. The van der Waals surface area contributed by atoms with Crippen molar-refractivity contribution in [3.63, 3.8) is 0 Å². The highest BCUT2D eigenvalue weighted by molar-refractivity contribution is 9.10. The predicted molar refractivity (Wildman–Crippen MR) is 68.4 cm³/mol. The molecule has 17 heavy (non-hydrogen) atoms. The molecule has 1 aromatic rings. The number of halogens is 1. The van der Waals surface area contributed by atoms with E-state index in [0.717, 1.165) is 15.8 Å². The maximum Gasteiger partial charge on any atom is 0.427 e. The molecule has 0 saturated heterocycles. The van der Waals surface area contributed by atoms with Crippen molar-refractivity contribution in [3.05, 3.63) is 28.2 Å². The second-order valence-electron chi connectivity index (χ2n) is 3.15. The number of benzene rings is 1. The van der Waals surface area contributed by atoms with E-state index in [-0.39, 0.29) is 0 Å². The standard InChI is InChI=1S/C11H13BrN2O3/c1-7(13-14-11(15)17-3)8-4-5-10(16-2)9(12)6-8/h4-6H,1-3H3,(H,14,15)/b13-7-. The molecule has 0 heterocycles. The van der Waals surface area contributed by atoms with Crippen LogP contribution in [-0.4, -0.2) is 26.0 Å². The third kappa shape index (κ3) is 3.74. The summed E-state index contributed by atoms with van der Waals surface area (Å²) in [5.74, 6) is 0.738. The molecule has 0 aliphatic heterocycles. The number of carbonyl (C=O) groups excluding carboxylic acids is 1. The van der Waals surface area contributed by atoms with Crippen LogP contribution in [0.4, 0.5) is 4.79 Å². The number of carbonyl (C=O) groups is 1. The summed E-state index contributed by atoms with van der Waals surface area (Å²) in [6.07, 6.45) is -0.600. The van der Waals surface area contributed by atoms with E-state index in [4.69, 9.17) is 4.74 Å². The Hall–Kier alpha value is -1.56. The summed E-state index contributed by atoms with van der Waals surface area (Å²) in [5.41, 5.74) is 3.79. The Morgan fingerprint density at radius 3 is 2.65 bits per heavy atom. The van der Waals surface area contributed by atoms with Crippen LogP contribution in [0.15, 0.2) is 27.8 Å². The number of nitrogens with one attached hydrogen (secondary N) is 1. The number of nitrogens with zero attached hydrogens (tertiary/aromatic N) is 1. The minimum absolute atomic E-state index is 0.600. The largest absolute Gasteiger partial charge is 0.496 e. The minimum Gasteiger partial charge on any atom is -0.496 e. The van der Waals surface area contributed by atoms with E-state index in [0.29, 0.717) is 5.71 Å². The normalized spacial score (nSPS) is 10.9. The molecule has 1 aromatic carbocycles. The fourth-order valence-corrected chi connectivity index (χ4v) is 1.67. The predicted octanol–water partition coefficient (Wildman–Crippen LogP) is 2.54. The topological polar surface area (TPSA) is 59.9 Å². The van der Waals surface area contributed by atoms with E-state index in [1.807, 2.05) is 18.2 Å². The first kappa shape index (κ1) is 13.5. The van der Waals surface area contributed by atoms with Crippen LogP contribution in [-0.2, 0) is 4.74 Å². The molecule has 1 rings (SSSR count). The number of hydrogen-bond acceptors (Lipinski definition) is 4. The smallest absolute Gasteiger partial charge is 0.427 e. The first-order chi connectivity index (χ1) is 8.08. The Morgan fingerprint density at radius 1 is 1.41 bits per heavy atom. The van der Waals surface area contributed by atoms with Crippen LogP contribution in [0.3, 0.4) is 0 Å². The average molecular weight is 301 g/mol. The Morgan fingerprint density at radius 2 is 2.12 bits per heavy atom. The zero-order valence-electron chi connectivity index (χ0n) is 9.78. The molecule has 0 radical (unpaired) electrons. The van der Waals surface area contributed by atoms with Gasteiger partial charge >= 0.3 is 6.09 Å². The Balaban J connectivity index is 2.85. The van der Waals surface area contributed by atoms with Gasteiger partial charge < -0.3 is 9.47 Å². The van der Waals surface area contributed by atoms with Crippen molar-refractivity contribution in [3.8, 4) is 5.75 Å². The molecule has 0 unspecified atom stereocenters.